The van der Waals surface area contributed by atoms with Gasteiger partial charge in [-0.25, -0.2) is 0 Å². The van der Waals surface area contributed by atoms with Gasteiger partial charge < -0.3 is 10.4 Å². The van der Waals surface area contributed by atoms with Crippen LogP contribution in [0.15, 0.2) is 41.6 Å². The zero-order chi connectivity index (χ0) is 17.1. The lowest BCUT2D eigenvalue weighted by Gasteiger charge is -2.22. The number of nitrogens with zero attached hydrogens (tertiary/aromatic N) is 2. The number of halogens is 3. The van der Waals surface area contributed by atoms with E-state index in [-0.39, 0.29) is 16.7 Å². The maximum atomic E-state index is 12.3. The average molecular weight is 345 g/mol. The molecule has 0 aliphatic rings. The maximum absolute atomic E-state index is 12.3. The lowest BCUT2D eigenvalue weighted by molar-refractivity contribution is -0.0328. The van der Waals surface area contributed by atoms with Gasteiger partial charge in [-0.3, -0.25) is 4.68 Å². The molecule has 0 bridgehead atoms. The molecule has 1 unspecified atom stereocenters. The predicted molar refractivity (Wildman–Crippen MR) is 82.8 cm³/mol. The van der Waals surface area contributed by atoms with Crippen LogP contribution in [0.4, 0.5) is 13.2 Å². The number of aliphatic hydroxyl groups is 1. The van der Waals surface area contributed by atoms with Crippen molar-refractivity contribution in [1.29, 1.82) is 0 Å². The quantitative estimate of drug-likeness (QED) is 0.790. The van der Waals surface area contributed by atoms with E-state index in [0.29, 0.717) is 18.7 Å². The van der Waals surface area contributed by atoms with Crippen molar-refractivity contribution >= 4 is 11.8 Å². The lowest BCUT2D eigenvalue weighted by atomic mass is 9.99. The number of alkyl halides is 3. The van der Waals surface area contributed by atoms with Crippen LogP contribution in [-0.2, 0) is 19.2 Å². The van der Waals surface area contributed by atoms with Crippen LogP contribution in [0, 0.1) is 0 Å². The van der Waals surface area contributed by atoms with Crippen LogP contribution in [-0.4, -0.2) is 26.9 Å². The molecule has 126 valence electrons. The van der Waals surface area contributed by atoms with Gasteiger partial charge in [0.15, 0.2) is 0 Å². The standard InChI is InChI=1S/C15H18F3N3OS/c1-14(22,12-8-20-21(2)9-12)10-19-7-11-3-5-13(6-4-11)23-15(16,17)18/h3-6,8-9,19,22H,7,10H2,1-2H3. The van der Waals surface area contributed by atoms with Crippen LogP contribution < -0.4 is 5.32 Å². The van der Waals surface area contributed by atoms with E-state index in [4.69, 9.17) is 0 Å². The first-order valence-corrected chi connectivity index (χ1v) is 7.74. The highest BCUT2D eigenvalue weighted by Gasteiger charge is 2.29. The smallest absolute Gasteiger partial charge is 0.384 e. The topological polar surface area (TPSA) is 50.1 Å². The summed E-state index contributed by atoms with van der Waals surface area (Å²) in [7, 11) is 1.77. The molecule has 0 saturated carbocycles. The van der Waals surface area contributed by atoms with Gasteiger partial charge in [0.05, 0.1) is 6.20 Å². The van der Waals surface area contributed by atoms with Crippen molar-refractivity contribution < 1.29 is 18.3 Å². The second kappa shape index (κ2) is 6.94. The fourth-order valence-corrected chi connectivity index (χ4v) is 2.60. The summed E-state index contributed by atoms with van der Waals surface area (Å²) < 4.78 is 38.4. The Bertz CT molecular complexity index is 638. The van der Waals surface area contributed by atoms with Crippen LogP contribution in [0.3, 0.4) is 0 Å². The maximum Gasteiger partial charge on any atom is 0.446 e. The van der Waals surface area contributed by atoms with Gasteiger partial charge in [0.2, 0.25) is 0 Å². The van der Waals surface area contributed by atoms with Crippen molar-refractivity contribution in [3.05, 3.63) is 47.8 Å². The molecule has 0 amide bonds. The number of aryl methyl sites for hydroxylation is 1. The molecular formula is C15H18F3N3OS. The summed E-state index contributed by atoms with van der Waals surface area (Å²) in [5.41, 5.74) is -3.80. The Morgan fingerprint density at radius 3 is 2.43 bits per heavy atom. The third-order valence-corrected chi connectivity index (χ3v) is 4.02. The Morgan fingerprint density at radius 1 is 1.26 bits per heavy atom. The minimum atomic E-state index is -4.28. The minimum Gasteiger partial charge on any atom is -0.384 e. The molecule has 2 N–H and O–H groups in total. The van der Waals surface area contributed by atoms with E-state index in [1.807, 2.05) is 0 Å². The van der Waals surface area contributed by atoms with Crippen molar-refractivity contribution in [2.75, 3.05) is 6.54 Å². The molecule has 1 aromatic carbocycles. The van der Waals surface area contributed by atoms with Crippen molar-refractivity contribution in [3.63, 3.8) is 0 Å². The van der Waals surface area contributed by atoms with Gasteiger partial charge in [0.1, 0.15) is 5.60 Å². The summed E-state index contributed by atoms with van der Waals surface area (Å²) in [6.07, 6.45) is 3.34. The van der Waals surface area contributed by atoms with Crippen LogP contribution in [0.1, 0.15) is 18.1 Å². The highest BCUT2D eigenvalue weighted by atomic mass is 32.2. The molecule has 0 radical (unpaired) electrons. The van der Waals surface area contributed by atoms with Crippen molar-refractivity contribution in [2.45, 2.75) is 29.5 Å². The Labute approximate surface area is 136 Å². The summed E-state index contributed by atoms with van der Waals surface area (Å²) in [5.74, 6) is 0. The number of benzene rings is 1. The Morgan fingerprint density at radius 2 is 1.91 bits per heavy atom. The molecule has 1 heterocycles. The first-order chi connectivity index (χ1) is 10.7. The first kappa shape index (κ1) is 17.8. The predicted octanol–water partition coefficient (Wildman–Crippen LogP) is 3.03. The number of aromatic nitrogens is 2. The van der Waals surface area contributed by atoms with Crippen LogP contribution in [0.25, 0.3) is 0 Å². The third-order valence-electron chi connectivity index (χ3n) is 3.28. The molecule has 0 fully saturated rings. The fourth-order valence-electron chi connectivity index (χ4n) is 2.06. The highest BCUT2D eigenvalue weighted by molar-refractivity contribution is 8.00. The lowest BCUT2D eigenvalue weighted by Crippen LogP contribution is -2.34. The van der Waals surface area contributed by atoms with Gasteiger partial charge in [-0.2, -0.15) is 18.3 Å². The van der Waals surface area contributed by atoms with Crippen molar-refractivity contribution in [3.8, 4) is 0 Å². The van der Waals surface area contributed by atoms with E-state index in [9.17, 15) is 18.3 Å². The monoisotopic (exact) mass is 345 g/mol. The van der Waals surface area contributed by atoms with E-state index in [0.717, 1.165) is 5.56 Å². The van der Waals surface area contributed by atoms with Crippen LogP contribution >= 0.6 is 11.8 Å². The van der Waals surface area contributed by atoms with E-state index < -0.39 is 11.1 Å². The zero-order valence-electron chi connectivity index (χ0n) is 12.8. The molecule has 0 spiro atoms. The van der Waals surface area contributed by atoms with Gasteiger partial charge in [-0.1, -0.05) is 12.1 Å². The van der Waals surface area contributed by atoms with Crippen LogP contribution in [0.2, 0.25) is 0 Å². The van der Waals surface area contributed by atoms with Crippen molar-refractivity contribution in [2.24, 2.45) is 7.05 Å². The summed E-state index contributed by atoms with van der Waals surface area (Å²) >= 11 is -0.133. The van der Waals surface area contributed by atoms with Gasteiger partial charge in [0.25, 0.3) is 0 Å². The SMILES string of the molecule is Cn1cc(C(C)(O)CNCc2ccc(SC(F)(F)F)cc2)cn1. The molecule has 0 aliphatic carbocycles. The fraction of sp³-hybridized carbons (Fsp3) is 0.400. The number of thioether (sulfide) groups is 1. The molecule has 4 nitrogen and oxygen atoms in total. The first-order valence-electron chi connectivity index (χ1n) is 6.93. The second-order valence-corrected chi connectivity index (χ2v) is 6.61. The van der Waals surface area contributed by atoms with Gasteiger partial charge in [-0.05, 0) is 36.4 Å². The molecular weight excluding hydrogens is 327 g/mol. The number of hydrogen-bond donors (Lipinski definition) is 2. The summed E-state index contributed by atoms with van der Waals surface area (Å²) in [4.78, 5) is 0.156. The van der Waals surface area contributed by atoms with E-state index in [2.05, 4.69) is 10.4 Å². The van der Waals surface area contributed by atoms with Crippen molar-refractivity contribution in [1.82, 2.24) is 15.1 Å². The Hall–Kier alpha value is -1.51. The Balaban J connectivity index is 1.86. The molecule has 1 atom stereocenters. The minimum absolute atomic E-state index is 0.133. The third kappa shape index (κ3) is 5.56. The average Bonchev–Trinajstić information content (AvgIpc) is 2.86. The molecule has 0 aliphatic heterocycles. The van der Waals surface area contributed by atoms with E-state index >= 15 is 0 Å². The Kier molecular flexibility index (Phi) is 5.38. The summed E-state index contributed by atoms with van der Waals surface area (Å²) in [6, 6.07) is 6.16. The highest BCUT2D eigenvalue weighted by Crippen LogP contribution is 2.36. The molecule has 0 saturated heterocycles. The van der Waals surface area contributed by atoms with Crippen LogP contribution in [0.5, 0.6) is 0 Å². The van der Waals surface area contributed by atoms with Gasteiger partial charge in [0, 0.05) is 36.8 Å². The number of rotatable bonds is 6. The summed E-state index contributed by atoms with van der Waals surface area (Å²) in [5, 5.41) is 17.5. The zero-order valence-corrected chi connectivity index (χ0v) is 13.6. The summed E-state index contributed by atoms with van der Waals surface area (Å²) in [6.45, 7) is 2.44. The van der Waals surface area contributed by atoms with E-state index in [1.54, 1.807) is 43.2 Å². The number of nitrogens with one attached hydrogen (secondary N) is 1. The molecule has 8 heteroatoms. The van der Waals surface area contributed by atoms with Gasteiger partial charge in [-0.15, -0.1) is 0 Å². The second-order valence-electron chi connectivity index (χ2n) is 5.47. The molecule has 2 aromatic rings. The van der Waals surface area contributed by atoms with Gasteiger partial charge >= 0.3 is 5.51 Å². The molecule has 1 aromatic heterocycles. The normalized spacial score (nSPS) is 14.7. The number of hydrogen-bond acceptors (Lipinski definition) is 4. The largest absolute Gasteiger partial charge is 0.446 e. The van der Waals surface area contributed by atoms with E-state index in [1.165, 1.54) is 12.1 Å². The molecule has 23 heavy (non-hydrogen) atoms. The molecule has 2 rings (SSSR count).